The number of rotatable bonds is 3. The van der Waals surface area contributed by atoms with Crippen LogP contribution < -0.4 is 5.32 Å². The number of fused-ring (bicyclic) bond motifs is 1. The largest absolute Gasteiger partial charge is 0.361 e. The van der Waals surface area contributed by atoms with Crippen molar-refractivity contribution < 1.29 is 0 Å². The van der Waals surface area contributed by atoms with Crippen LogP contribution in [0.25, 0.3) is 22.0 Å². The zero-order valence-corrected chi connectivity index (χ0v) is 15.5. The molecule has 28 heavy (non-hydrogen) atoms. The van der Waals surface area contributed by atoms with Crippen LogP contribution in [0.1, 0.15) is 16.7 Å². The molecule has 6 nitrogen and oxygen atoms in total. The van der Waals surface area contributed by atoms with Gasteiger partial charge in [-0.25, -0.2) is 4.98 Å². The Morgan fingerprint density at radius 3 is 2.75 bits per heavy atom. The van der Waals surface area contributed by atoms with E-state index in [2.05, 4.69) is 32.4 Å². The smallest absolute Gasteiger partial charge is 0.139 e. The maximum atomic E-state index is 9.62. The molecular formula is C21H13ClN6. The summed E-state index contributed by atoms with van der Waals surface area (Å²) in [4.78, 5) is 11.4. The SMILES string of the molecule is Cc1c(Nc2c(C#N)cnc(Cl)c2-c2cncc(C#N)c2)ccc2[nH]ccc12. The zero-order chi connectivity index (χ0) is 19.7. The van der Waals surface area contributed by atoms with E-state index in [-0.39, 0.29) is 5.15 Å². The Hall–Kier alpha value is -3.87. The fourth-order valence-corrected chi connectivity index (χ4v) is 3.41. The fraction of sp³-hybridized carbons (Fsp3) is 0.0476. The third-order valence-corrected chi connectivity index (χ3v) is 4.86. The van der Waals surface area contributed by atoms with Crippen LogP contribution in [-0.4, -0.2) is 15.0 Å². The Bertz CT molecular complexity index is 1290. The molecular weight excluding hydrogens is 372 g/mol. The van der Waals surface area contributed by atoms with Crippen molar-refractivity contribution in [2.75, 3.05) is 5.32 Å². The summed E-state index contributed by atoms with van der Waals surface area (Å²) in [5, 5.41) is 23.5. The first-order valence-corrected chi connectivity index (χ1v) is 8.78. The normalized spacial score (nSPS) is 10.4. The van der Waals surface area contributed by atoms with Gasteiger partial charge in [0.05, 0.1) is 16.8 Å². The highest BCUT2D eigenvalue weighted by Gasteiger charge is 2.18. The molecule has 2 N–H and O–H groups in total. The van der Waals surface area contributed by atoms with Gasteiger partial charge in [0.1, 0.15) is 17.3 Å². The minimum Gasteiger partial charge on any atom is -0.361 e. The molecule has 4 aromatic rings. The second-order valence-corrected chi connectivity index (χ2v) is 6.56. The van der Waals surface area contributed by atoms with Gasteiger partial charge in [0, 0.05) is 52.5 Å². The van der Waals surface area contributed by atoms with Crippen molar-refractivity contribution in [3.8, 4) is 23.3 Å². The third-order valence-electron chi connectivity index (χ3n) is 4.57. The molecule has 0 aliphatic rings. The van der Waals surface area contributed by atoms with Gasteiger partial charge in [-0.3, -0.25) is 4.98 Å². The van der Waals surface area contributed by atoms with Gasteiger partial charge in [0.15, 0.2) is 0 Å². The number of halogens is 1. The van der Waals surface area contributed by atoms with E-state index >= 15 is 0 Å². The molecule has 3 aromatic heterocycles. The van der Waals surface area contributed by atoms with Crippen LogP contribution >= 0.6 is 11.6 Å². The van der Waals surface area contributed by atoms with Crippen LogP contribution in [0.15, 0.2) is 49.1 Å². The molecule has 1 aromatic carbocycles. The monoisotopic (exact) mass is 384 g/mol. The van der Waals surface area contributed by atoms with E-state index in [4.69, 9.17) is 11.6 Å². The summed E-state index contributed by atoms with van der Waals surface area (Å²) in [5.74, 6) is 0. The summed E-state index contributed by atoms with van der Waals surface area (Å²) in [6, 6.07) is 11.8. The molecule has 0 saturated carbocycles. The number of anilines is 2. The van der Waals surface area contributed by atoms with Crippen molar-refractivity contribution in [1.82, 2.24) is 15.0 Å². The van der Waals surface area contributed by atoms with Gasteiger partial charge in [-0.1, -0.05) is 11.6 Å². The highest BCUT2D eigenvalue weighted by atomic mass is 35.5. The number of aromatic nitrogens is 3. The predicted octanol–water partition coefficient (Wildman–Crippen LogP) is 5.07. The first-order chi connectivity index (χ1) is 13.6. The summed E-state index contributed by atoms with van der Waals surface area (Å²) in [7, 11) is 0. The molecule has 0 amide bonds. The Morgan fingerprint density at radius 2 is 1.96 bits per heavy atom. The molecule has 3 heterocycles. The molecule has 0 bridgehead atoms. The van der Waals surface area contributed by atoms with Crippen LogP contribution in [0, 0.1) is 29.6 Å². The van der Waals surface area contributed by atoms with E-state index in [1.54, 1.807) is 12.3 Å². The number of nitrogens with zero attached hydrogens (tertiary/aromatic N) is 4. The van der Waals surface area contributed by atoms with Crippen LogP contribution in [-0.2, 0) is 0 Å². The molecule has 0 saturated heterocycles. The van der Waals surface area contributed by atoms with Crippen molar-refractivity contribution in [1.29, 1.82) is 10.5 Å². The van der Waals surface area contributed by atoms with Crippen LogP contribution in [0.2, 0.25) is 5.15 Å². The summed E-state index contributed by atoms with van der Waals surface area (Å²) in [6.45, 7) is 2.00. The zero-order valence-electron chi connectivity index (χ0n) is 14.8. The minimum absolute atomic E-state index is 0.221. The summed E-state index contributed by atoms with van der Waals surface area (Å²) >= 11 is 6.40. The molecule has 0 aliphatic heterocycles. The first kappa shape index (κ1) is 17.5. The molecule has 0 radical (unpaired) electrons. The number of hydrogen-bond donors (Lipinski definition) is 2. The van der Waals surface area contributed by atoms with Crippen molar-refractivity contribution in [3.63, 3.8) is 0 Å². The van der Waals surface area contributed by atoms with Gasteiger partial charge >= 0.3 is 0 Å². The lowest BCUT2D eigenvalue weighted by Gasteiger charge is -2.17. The summed E-state index contributed by atoms with van der Waals surface area (Å²) in [6.07, 6.45) is 6.38. The van der Waals surface area contributed by atoms with Crippen molar-refractivity contribution in [2.24, 2.45) is 0 Å². The van der Waals surface area contributed by atoms with Gasteiger partial charge in [0.25, 0.3) is 0 Å². The summed E-state index contributed by atoms with van der Waals surface area (Å²) < 4.78 is 0. The second-order valence-electron chi connectivity index (χ2n) is 6.20. The number of pyridine rings is 2. The Balaban J connectivity index is 1.92. The lowest BCUT2D eigenvalue weighted by Crippen LogP contribution is -2.01. The number of aryl methyl sites for hydroxylation is 1. The maximum Gasteiger partial charge on any atom is 0.139 e. The van der Waals surface area contributed by atoms with Gasteiger partial charge in [0.2, 0.25) is 0 Å². The average molecular weight is 385 g/mol. The lowest BCUT2D eigenvalue weighted by molar-refractivity contribution is 1.27. The topological polar surface area (TPSA) is 101 Å². The van der Waals surface area contributed by atoms with Crippen LogP contribution in [0.5, 0.6) is 0 Å². The first-order valence-electron chi connectivity index (χ1n) is 8.40. The number of nitriles is 2. The molecule has 134 valence electrons. The van der Waals surface area contributed by atoms with E-state index in [0.717, 1.165) is 22.2 Å². The fourth-order valence-electron chi connectivity index (χ4n) is 3.16. The van der Waals surface area contributed by atoms with Gasteiger partial charge in [-0.15, -0.1) is 0 Å². The van der Waals surface area contributed by atoms with Crippen molar-refractivity contribution in [3.05, 3.63) is 70.9 Å². The quantitative estimate of drug-likeness (QED) is 0.480. The molecule has 7 heteroatoms. The second kappa shape index (κ2) is 7.03. The highest BCUT2D eigenvalue weighted by Crippen LogP contribution is 2.38. The number of H-pyrrole nitrogens is 1. The van der Waals surface area contributed by atoms with E-state index in [1.807, 2.05) is 31.3 Å². The Morgan fingerprint density at radius 1 is 1.11 bits per heavy atom. The lowest BCUT2D eigenvalue weighted by atomic mass is 10.0. The highest BCUT2D eigenvalue weighted by molar-refractivity contribution is 6.33. The minimum atomic E-state index is 0.221. The van der Waals surface area contributed by atoms with Crippen LogP contribution in [0.4, 0.5) is 11.4 Å². The number of aromatic amines is 1. The van der Waals surface area contributed by atoms with Gasteiger partial charge < -0.3 is 10.3 Å². The standard InChI is InChI=1S/C21H13ClN6/c1-12-16-4-5-26-18(16)3-2-17(12)28-20-15(8-24)11-27-21(22)19(20)14-6-13(7-23)9-25-10-14/h2-6,9-11,26H,1H3,(H,27,28). The Kier molecular flexibility index (Phi) is 4.41. The van der Waals surface area contributed by atoms with Gasteiger partial charge in [-0.2, -0.15) is 10.5 Å². The number of benzene rings is 1. The molecule has 0 fully saturated rings. The van der Waals surface area contributed by atoms with Crippen LogP contribution in [0.3, 0.4) is 0 Å². The number of hydrogen-bond acceptors (Lipinski definition) is 5. The van der Waals surface area contributed by atoms with Crippen molar-refractivity contribution >= 4 is 33.9 Å². The van der Waals surface area contributed by atoms with Gasteiger partial charge in [-0.05, 0) is 36.8 Å². The van der Waals surface area contributed by atoms with E-state index in [1.165, 1.54) is 12.4 Å². The summed E-state index contributed by atoms with van der Waals surface area (Å²) in [5.41, 5.74) is 5.30. The van der Waals surface area contributed by atoms with Crippen molar-refractivity contribution in [2.45, 2.75) is 6.92 Å². The maximum absolute atomic E-state index is 9.62. The average Bonchev–Trinajstić information content (AvgIpc) is 3.20. The third kappa shape index (κ3) is 2.92. The molecule has 0 aliphatic carbocycles. The molecule has 0 atom stereocenters. The number of nitrogens with one attached hydrogen (secondary N) is 2. The van der Waals surface area contributed by atoms with E-state index < -0.39 is 0 Å². The van der Waals surface area contributed by atoms with E-state index in [0.29, 0.717) is 27.9 Å². The molecule has 4 rings (SSSR count). The molecule has 0 unspecified atom stereocenters. The predicted molar refractivity (Wildman–Crippen MR) is 108 cm³/mol. The Labute approximate surface area is 166 Å². The molecule has 0 spiro atoms. The van der Waals surface area contributed by atoms with E-state index in [9.17, 15) is 10.5 Å².